The summed E-state index contributed by atoms with van der Waals surface area (Å²) in [4.78, 5) is 3.23. The van der Waals surface area contributed by atoms with Gasteiger partial charge in [-0.1, -0.05) is 41.9 Å². The second-order valence-electron chi connectivity index (χ2n) is 6.37. The predicted molar refractivity (Wildman–Crippen MR) is 111 cm³/mol. The fourth-order valence-corrected chi connectivity index (χ4v) is 3.98. The van der Waals surface area contributed by atoms with Crippen LogP contribution in [0.4, 0.5) is 8.78 Å². The Morgan fingerprint density at radius 2 is 1.60 bits per heavy atom. The van der Waals surface area contributed by atoms with Crippen molar-refractivity contribution in [1.29, 1.82) is 0 Å². The second kappa shape index (κ2) is 7.89. The van der Waals surface area contributed by atoms with Crippen molar-refractivity contribution >= 4 is 21.6 Å². The first-order valence-corrected chi connectivity index (χ1v) is 10.6. The van der Waals surface area contributed by atoms with E-state index in [9.17, 15) is 17.2 Å². The van der Waals surface area contributed by atoms with Crippen LogP contribution in [0.25, 0.3) is 22.5 Å². The van der Waals surface area contributed by atoms with Crippen LogP contribution in [0.5, 0.6) is 0 Å². The third kappa shape index (κ3) is 4.05. The minimum absolute atomic E-state index is 0.000734. The van der Waals surface area contributed by atoms with Crippen molar-refractivity contribution in [3.63, 3.8) is 0 Å². The maximum atomic E-state index is 14.5. The summed E-state index contributed by atoms with van der Waals surface area (Å²) in [5.74, 6) is -1.39. The van der Waals surface area contributed by atoms with Crippen LogP contribution in [-0.2, 0) is 10.0 Å². The molecular weight excluding hydrogens is 432 g/mol. The molecular formula is C21H14ClF2N3O2S. The van der Waals surface area contributed by atoms with Crippen molar-refractivity contribution in [2.45, 2.75) is 4.90 Å². The van der Waals surface area contributed by atoms with Crippen molar-refractivity contribution in [3.8, 4) is 22.5 Å². The van der Waals surface area contributed by atoms with Gasteiger partial charge in [-0.15, -0.1) is 0 Å². The number of aromatic nitrogens is 2. The topological polar surface area (TPSA) is 64.0 Å². The Morgan fingerprint density at radius 3 is 2.30 bits per heavy atom. The van der Waals surface area contributed by atoms with Crippen molar-refractivity contribution < 1.29 is 17.2 Å². The van der Waals surface area contributed by atoms with Gasteiger partial charge in [0.1, 0.15) is 11.6 Å². The van der Waals surface area contributed by atoms with Crippen LogP contribution in [0, 0.1) is 11.6 Å². The van der Waals surface area contributed by atoms with Gasteiger partial charge in [-0.05, 0) is 48.5 Å². The third-order valence-corrected chi connectivity index (χ3v) is 5.87. The molecule has 9 heteroatoms. The molecule has 4 rings (SSSR count). The summed E-state index contributed by atoms with van der Waals surface area (Å²) in [6, 6.07) is 18.7. The fraction of sp³-hybridized carbons (Fsp3) is 0. The number of halogens is 3. The molecule has 0 unspecified atom stereocenters. The molecule has 1 aromatic heterocycles. The molecule has 4 aromatic rings. The normalized spacial score (nSPS) is 11.4. The second-order valence-corrected chi connectivity index (χ2v) is 8.46. The molecule has 0 bridgehead atoms. The van der Waals surface area contributed by atoms with Gasteiger partial charge in [0.15, 0.2) is 0 Å². The van der Waals surface area contributed by atoms with Crippen LogP contribution in [0.15, 0.2) is 83.8 Å². The van der Waals surface area contributed by atoms with Gasteiger partial charge in [0.2, 0.25) is 0 Å². The van der Waals surface area contributed by atoms with E-state index in [-0.39, 0.29) is 16.2 Å². The molecule has 152 valence electrons. The van der Waals surface area contributed by atoms with Gasteiger partial charge >= 0.3 is 0 Å². The Bertz CT molecular complexity index is 1310. The minimum atomic E-state index is -4.03. The maximum Gasteiger partial charge on any atom is 0.276 e. The SMILES string of the molecule is O=S(=O)(Nn1nc(-c2ccc(Cl)cc2)cc1-c1cc(F)ccc1F)c1ccccc1. The van der Waals surface area contributed by atoms with E-state index in [2.05, 4.69) is 9.93 Å². The molecule has 0 atom stereocenters. The first kappa shape index (κ1) is 20.1. The van der Waals surface area contributed by atoms with Gasteiger partial charge < -0.3 is 0 Å². The number of nitrogens with zero attached hydrogens (tertiary/aromatic N) is 2. The fourth-order valence-electron chi connectivity index (χ4n) is 2.86. The smallest absolute Gasteiger partial charge is 0.207 e. The molecule has 30 heavy (non-hydrogen) atoms. The van der Waals surface area contributed by atoms with Gasteiger partial charge in [0.05, 0.1) is 16.3 Å². The lowest BCUT2D eigenvalue weighted by Gasteiger charge is -2.11. The lowest BCUT2D eigenvalue weighted by atomic mass is 10.1. The zero-order chi connectivity index (χ0) is 21.3. The predicted octanol–water partition coefficient (Wildman–Crippen LogP) is 5.08. The quantitative estimate of drug-likeness (QED) is 0.466. The maximum absolute atomic E-state index is 14.5. The van der Waals surface area contributed by atoms with Crippen LogP contribution in [0.1, 0.15) is 0 Å². The van der Waals surface area contributed by atoms with Gasteiger partial charge in [-0.2, -0.15) is 23.1 Å². The molecule has 0 aliphatic rings. The lowest BCUT2D eigenvalue weighted by Crippen LogP contribution is -2.25. The Morgan fingerprint density at radius 1 is 0.900 bits per heavy atom. The van der Waals surface area contributed by atoms with Gasteiger partial charge in [-0.3, -0.25) is 0 Å². The third-order valence-electron chi connectivity index (χ3n) is 4.31. The first-order chi connectivity index (χ1) is 14.3. The largest absolute Gasteiger partial charge is 0.276 e. The molecule has 0 amide bonds. The summed E-state index contributed by atoms with van der Waals surface area (Å²) in [6.45, 7) is 0. The molecule has 1 heterocycles. The van der Waals surface area contributed by atoms with E-state index in [1.807, 2.05) is 0 Å². The summed E-state index contributed by atoms with van der Waals surface area (Å²) in [5.41, 5.74) is 0.867. The van der Waals surface area contributed by atoms with Crippen molar-refractivity contribution in [2.75, 3.05) is 4.83 Å². The van der Waals surface area contributed by atoms with E-state index < -0.39 is 21.7 Å². The van der Waals surface area contributed by atoms with Crippen molar-refractivity contribution in [1.82, 2.24) is 9.89 Å². The number of hydrogen-bond acceptors (Lipinski definition) is 3. The number of hydrogen-bond donors (Lipinski definition) is 1. The van der Waals surface area contributed by atoms with Crippen LogP contribution in [0.3, 0.4) is 0 Å². The van der Waals surface area contributed by atoms with Crippen LogP contribution >= 0.6 is 11.6 Å². The monoisotopic (exact) mass is 445 g/mol. The molecule has 0 radical (unpaired) electrons. The van der Waals surface area contributed by atoms with E-state index in [4.69, 9.17) is 11.6 Å². The zero-order valence-electron chi connectivity index (χ0n) is 15.3. The molecule has 5 nitrogen and oxygen atoms in total. The highest BCUT2D eigenvalue weighted by Crippen LogP contribution is 2.29. The van der Waals surface area contributed by atoms with Gasteiger partial charge in [-0.25, -0.2) is 8.78 Å². The van der Waals surface area contributed by atoms with Gasteiger partial charge in [0.25, 0.3) is 10.0 Å². The molecule has 0 saturated carbocycles. The first-order valence-electron chi connectivity index (χ1n) is 8.73. The summed E-state index contributed by atoms with van der Waals surface area (Å²) < 4.78 is 53.8. The van der Waals surface area contributed by atoms with E-state index in [1.165, 1.54) is 18.2 Å². The molecule has 3 aromatic carbocycles. The summed E-state index contributed by atoms with van der Waals surface area (Å²) in [7, 11) is -4.03. The van der Waals surface area contributed by atoms with Crippen LogP contribution < -0.4 is 4.83 Å². The molecule has 0 saturated heterocycles. The molecule has 0 fully saturated rings. The summed E-state index contributed by atoms with van der Waals surface area (Å²) >= 11 is 5.92. The zero-order valence-corrected chi connectivity index (χ0v) is 16.8. The Labute approximate surface area is 176 Å². The Balaban J connectivity index is 1.85. The van der Waals surface area contributed by atoms with Crippen LogP contribution in [-0.4, -0.2) is 18.3 Å². The highest BCUT2D eigenvalue weighted by molar-refractivity contribution is 7.92. The number of sulfonamides is 1. The summed E-state index contributed by atoms with van der Waals surface area (Å²) in [6.07, 6.45) is 0. The van der Waals surface area contributed by atoms with E-state index in [0.717, 1.165) is 23.0 Å². The molecule has 0 aliphatic heterocycles. The molecule has 0 aliphatic carbocycles. The lowest BCUT2D eigenvalue weighted by molar-refractivity contribution is 0.590. The number of benzene rings is 3. The average molecular weight is 446 g/mol. The van der Waals surface area contributed by atoms with E-state index >= 15 is 0 Å². The van der Waals surface area contributed by atoms with E-state index in [0.29, 0.717) is 16.3 Å². The number of nitrogens with one attached hydrogen (secondary N) is 1. The Kier molecular flexibility index (Phi) is 5.27. The standard InChI is InChI=1S/C21H14ClF2N3O2S/c22-15-8-6-14(7-9-15)20-13-21(18-12-16(23)10-11-19(18)24)27(25-20)26-30(28,29)17-4-2-1-3-5-17/h1-13,26H. The molecule has 1 N–H and O–H groups in total. The van der Waals surface area contributed by atoms with Gasteiger partial charge in [0, 0.05) is 16.1 Å². The average Bonchev–Trinajstić information content (AvgIpc) is 3.14. The van der Waals surface area contributed by atoms with E-state index in [1.54, 1.807) is 42.5 Å². The summed E-state index contributed by atoms with van der Waals surface area (Å²) in [5, 5.41) is 4.78. The Hall–Kier alpha value is -3.23. The molecule has 0 spiro atoms. The van der Waals surface area contributed by atoms with Crippen LogP contribution in [0.2, 0.25) is 5.02 Å². The highest BCUT2D eigenvalue weighted by Gasteiger charge is 2.21. The highest BCUT2D eigenvalue weighted by atomic mass is 35.5. The van der Waals surface area contributed by atoms with Crippen molar-refractivity contribution in [2.24, 2.45) is 0 Å². The number of rotatable bonds is 5. The van der Waals surface area contributed by atoms with Crippen molar-refractivity contribution in [3.05, 3.63) is 95.5 Å². The minimum Gasteiger partial charge on any atom is -0.207 e.